The Kier molecular flexibility index (Phi) is 4.95. The molecule has 2 unspecified atom stereocenters. The molecule has 0 saturated heterocycles. The molecule has 0 aromatic carbocycles. The van der Waals surface area contributed by atoms with Crippen LogP contribution in [0.25, 0.3) is 0 Å². The molecule has 0 aliphatic rings. The predicted octanol–water partition coefficient (Wildman–Crippen LogP) is 1.01. The van der Waals surface area contributed by atoms with E-state index < -0.39 is 0 Å². The fourth-order valence-corrected chi connectivity index (χ4v) is 1.88. The average molecular weight is 242 g/mol. The summed E-state index contributed by atoms with van der Waals surface area (Å²) in [6.07, 6.45) is 1.97. The second kappa shape index (κ2) is 6.00. The molecule has 0 bridgehead atoms. The first-order chi connectivity index (χ1) is 7.58. The van der Waals surface area contributed by atoms with Crippen molar-refractivity contribution in [2.45, 2.75) is 32.1 Å². The summed E-state index contributed by atoms with van der Waals surface area (Å²) < 4.78 is 0. The van der Waals surface area contributed by atoms with E-state index in [1.165, 1.54) is 0 Å². The van der Waals surface area contributed by atoms with E-state index in [9.17, 15) is 0 Å². The van der Waals surface area contributed by atoms with Gasteiger partial charge < -0.3 is 10.4 Å². The van der Waals surface area contributed by atoms with Crippen molar-refractivity contribution in [1.29, 1.82) is 0 Å². The van der Waals surface area contributed by atoms with E-state index in [-0.39, 0.29) is 17.9 Å². The second-order valence-corrected chi connectivity index (χ2v) is 4.77. The zero-order valence-electron chi connectivity index (χ0n) is 10.1. The van der Waals surface area contributed by atoms with Crippen LogP contribution in [0.1, 0.15) is 18.3 Å². The Balaban J connectivity index is 2.69. The molecule has 0 spiro atoms. The number of rotatable bonds is 5. The molecule has 1 aromatic heterocycles. The molecule has 0 saturated carbocycles. The third-order valence-electron chi connectivity index (χ3n) is 2.49. The lowest BCUT2D eigenvalue weighted by molar-refractivity contribution is 0.288. The largest absolute Gasteiger partial charge is 0.395 e. The molecule has 1 aromatic rings. The molecule has 90 valence electrons. The van der Waals surface area contributed by atoms with Gasteiger partial charge in [-0.25, -0.2) is 4.98 Å². The van der Waals surface area contributed by atoms with Crippen LogP contribution in [0, 0.1) is 13.8 Å². The zero-order valence-corrected chi connectivity index (χ0v) is 10.9. The van der Waals surface area contributed by atoms with Crippen LogP contribution in [0.3, 0.4) is 0 Å². The Morgan fingerprint density at radius 3 is 2.50 bits per heavy atom. The SMILES string of the molecule is CSC(CO)C(C)Nc1nnc(C)c(C)n1. The Labute approximate surface area is 100 Å². The molecule has 5 nitrogen and oxygen atoms in total. The van der Waals surface area contributed by atoms with Crippen LogP contribution in [0.4, 0.5) is 5.95 Å². The highest BCUT2D eigenvalue weighted by Crippen LogP contribution is 2.13. The number of nitrogens with zero attached hydrogens (tertiary/aromatic N) is 3. The molecule has 0 fully saturated rings. The van der Waals surface area contributed by atoms with Gasteiger partial charge in [-0.2, -0.15) is 16.9 Å². The number of thioether (sulfide) groups is 1. The molecule has 16 heavy (non-hydrogen) atoms. The summed E-state index contributed by atoms with van der Waals surface area (Å²) in [4.78, 5) is 4.29. The van der Waals surface area contributed by atoms with Gasteiger partial charge in [-0.05, 0) is 27.0 Å². The molecular weight excluding hydrogens is 224 g/mol. The summed E-state index contributed by atoms with van der Waals surface area (Å²) in [6.45, 7) is 5.91. The smallest absolute Gasteiger partial charge is 0.243 e. The number of aliphatic hydroxyl groups is 1. The van der Waals surface area contributed by atoms with E-state index in [1.54, 1.807) is 11.8 Å². The maximum atomic E-state index is 9.16. The molecular formula is C10H18N4OS. The average Bonchev–Trinajstić information content (AvgIpc) is 2.25. The summed E-state index contributed by atoms with van der Waals surface area (Å²) in [5, 5.41) is 20.4. The summed E-state index contributed by atoms with van der Waals surface area (Å²) >= 11 is 1.62. The van der Waals surface area contributed by atoms with Gasteiger partial charge in [0.15, 0.2) is 0 Å². The normalized spacial score (nSPS) is 14.6. The molecule has 1 rings (SSSR count). The van der Waals surface area contributed by atoms with Gasteiger partial charge >= 0.3 is 0 Å². The highest BCUT2D eigenvalue weighted by molar-refractivity contribution is 7.99. The number of hydrogen-bond donors (Lipinski definition) is 2. The molecule has 2 N–H and O–H groups in total. The number of nitrogens with one attached hydrogen (secondary N) is 1. The maximum Gasteiger partial charge on any atom is 0.243 e. The van der Waals surface area contributed by atoms with E-state index in [0.717, 1.165) is 11.4 Å². The number of anilines is 1. The Hall–Kier alpha value is -0.880. The van der Waals surface area contributed by atoms with Crippen molar-refractivity contribution < 1.29 is 5.11 Å². The number of hydrogen-bond acceptors (Lipinski definition) is 6. The minimum Gasteiger partial charge on any atom is -0.395 e. The second-order valence-electron chi connectivity index (χ2n) is 3.70. The van der Waals surface area contributed by atoms with Crippen LogP contribution >= 0.6 is 11.8 Å². The van der Waals surface area contributed by atoms with Crippen LogP contribution < -0.4 is 5.32 Å². The van der Waals surface area contributed by atoms with Gasteiger partial charge in [0.25, 0.3) is 0 Å². The summed E-state index contributed by atoms with van der Waals surface area (Å²) in [6, 6.07) is 0.101. The predicted molar refractivity (Wildman–Crippen MR) is 66.8 cm³/mol. The Morgan fingerprint density at radius 2 is 2.00 bits per heavy atom. The lowest BCUT2D eigenvalue weighted by atomic mass is 10.2. The van der Waals surface area contributed by atoms with Crippen LogP contribution in [-0.4, -0.2) is 44.4 Å². The quantitative estimate of drug-likeness (QED) is 0.803. The number of aliphatic hydroxyl groups excluding tert-OH is 1. The molecule has 0 amide bonds. The molecule has 6 heteroatoms. The van der Waals surface area contributed by atoms with Crippen molar-refractivity contribution >= 4 is 17.7 Å². The molecule has 0 aliphatic heterocycles. The van der Waals surface area contributed by atoms with Gasteiger partial charge in [-0.15, -0.1) is 5.10 Å². The van der Waals surface area contributed by atoms with Crippen molar-refractivity contribution in [2.75, 3.05) is 18.2 Å². The number of aromatic nitrogens is 3. The highest BCUT2D eigenvalue weighted by atomic mass is 32.2. The summed E-state index contributed by atoms with van der Waals surface area (Å²) in [5.74, 6) is 0.517. The van der Waals surface area contributed by atoms with Crippen molar-refractivity contribution in [2.24, 2.45) is 0 Å². The van der Waals surface area contributed by atoms with Crippen molar-refractivity contribution in [3.63, 3.8) is 0 Å². The van der Waals surface area contributed by atoms with Crippen LogP contribution in [0.15, 0.2) is 0 Å². The molecule has 2 atom stereocenters. The van der Waals surface area contributed by atoms with Gasteiger partial charge in [0.05, 0.1) is 18.0 Å². The summed E-state index contributed by atoms with van der Waals surface area (Å²) in [7, 11) is 0. The lowest BCUT2D eigenvalue weighted by Gasteiger charge is -2.21. The van der Waals surface area contributed by atoms with E-state index in [2.05, 4.69) is 20.5 Å². The van der Waals surface area contributed by atoms with Crippen molar-refractivity contribution in [3.05, 3.63) is 11.4 Å². The van der Waals surface area contributed by atoms with Crippen molar-refractivity contribution in [1.82, 2.24) is 15.2 Å². The monoisotopic (exact) mass is 242 g/mol. The van der Waals surface area contributed by atoms with Gasteiger partial charge in [-0.1, -0.05) is 0 Å². The molecule has 1 heterocycles. The minimum atomic E-state index is 0.101. The third-order valence-corrected chi connectivity index (χ3v) is 3.65. The van der Waals surface area contributed by atoms with E-state index in [1.807, 2.05) is 27.0 Å². The van der Waals surface area contributed by atoms with Crippen LogP contribution in [-0.2, 0) is 0 Å². The van der Waals surface area contributed by atoms with Gasteiger partial charge in [0.1, 0.15) is 0 Å². The minimum absolute atomic E-state index is 0.101. The lowest BCUT2D eigenvalue weighted by Crippen LogP contribution is -2.31. The van der Waals surface area contributed by atoms with E-state index >= 15 is 0 Å². The van der Waals surface area contributed by atoms with Gasteiger partial charge in [-0.3, -0.25) is 0 Å². The zero-order chi connectivity index (χ0) is 12.1. The van der Waals surface area contributed by atoms with Crippen molar-refractivity contribution in [3.8, 4) is 0 Å². The van der Waals surface area contributed by atoms with Gasteiger partial charge in [0.2, 0.25) is 5.95 Å². The topological polar surface area (TPSA) is 70.9 Å². The van der Waals surface area contributed by atoms with Crippen LogP contribution in [0.2, 0.25) is 0 Å². The van der Waals surface area contributed by atoms with Crippen LogP contribution in [0.5, 0.6) is 0 Å². The molecule has 0 aliphatic carbocycles. The first-order valence-electron chi connectivity index (χ1n) is 5.16. The van der Waals surface area contributed by atoms with E-state index in [4.69, 9.17) is 5.11 Å². The first kappa shape index (κ1) is 13.2. The highest BCUT2D eigenvalue weighted by Gasteiger charge is 2.16. The summed E-state index contributed by atoms with van der Waals surface area (Å²) in [5.41, 5.74) is 1.70. The van der Waals surface area contributed by atoms with Gasteiger partial charge in [0, 0.05) is 11.3 Å². The fourth-order valence-electron chi connectivity index (χ4n) is 1.25. The fraction of sp³-hybridized carbons (Fsp3) is 0.700. The third kappa shape index (κ3) is 3.31. The van der Waals surface area contributed by atoms with E-state index in [0.29, 0.717) is 5.95 Å². The maximum absolute atomic E-state index is 9.16. The number of aryl methyl sites for hydroxylation is 2. The molecule has 0 radical (unpaired) electrons. The standard InChI is InChI=1S/C10H18N4OS/c1-6-7(2)13-14-10(11-6)12-8(3)9(5-15)16-4/h8-9,15H,5H2,1-4H3,(H,11,12,14). The first-order valence-corrected chi connectivity index (χ1v) is 6.45. The Morgan fingerprint density at radius 1 is 1.31 bits per heavy atom. The Bertz CT molecular complexity index is 344.